The topological polar surface area (TPSA) is 182 Å². The number of hydrogen-bond donors (Lipinski definition) is 5. The molecule has 2 aromatic carbocycles. The third-order valence-electron chi connectivity index (χ3n) is 9.13. The van der Waals surface area contributed by atoms with E-state index in [1.165, 1.54) is 23.2 Å². The molecule has 2 aromatic heterocycles. The van der Waals surface area contributed by atoms with Crippen LogP contribution in [0.5, 0.6) is 0 Å². The first kappa shape index (κ1) is 40.1. The molecule has 5 rings (SSSR count). The van der Waals surface area contributed by atoms with Crippen molar-refractivity contribution in [3.05, 3.63) is 93.0 Å². The Balaban J connectivity index is 1.46. The molecule has 0 saturated heterocycles. The van der Waals surface area contributed by atoms with E-state index in [0.717, 1.165) is 22.4 Å². The fraction of sp³-hybridized carbons (Fsp3) is 0.395. The van der Waals surface area contributed by atoms with Crippen LogP contribution in [-0.4, -0.2) is 99.3 Å². The molecule has 1 aliphatic rings. The molecule has 286 valence electrons. The van der Waals surface area contributed by atoms with Crippen molar-refractivity contribution in [1.82, 2.24) is 46.2 Å². The quantitative estimate of drug-likeness (QED) is 0.198. The van der Waals surface area contributed by atoms with Gasteiger partial charge in [0.1, 0.15) is 28.8 Å². The van der Waals surface area contributed by atoms with Crippen LogP contribution in [0.1, 0.15) is 60.4 Å². The lowest BCUT2D eigenvalue weighted by Gasteiger charge is -2.29. The van der Waals surface area contributed by atoms with E-state index in [0.29, 0.717) is 29.5 Å². The first-order valence-electron chi connectivity index (χ1n) is 17.7. The summed E-state index contributed by atoms with van der Waals surface area (Å²) < 4.78 is 0. The average molecular weight is 776 g/mol. The maximum atomic E-state index is 13.9. The van der Waals surface area contributed by atoms with E-state index >= 15 is 0 Å². The summed E-state index contributed by atoms with van der Waals surface area (Å²) in [5, 5.41) is 21.3. The fourth-order valence-corrected chi connectivity index (χ4v) is 7.02. The van der Waals surface area contributed by atoms with Crippen LogP contribution in [-0.2, 0) is 32.1 Å². The highest BCUT2D eigenvalue weighted by Crippen LogP contribution is 2.25. The monoisotopic (exact) mass is 775 g/mol. The van der Waals surface area contributed by atoms with Crippen molar-refractivity contribution in [2.24, 2.45) is 5.92 Å². The SMILES string of the molecule is CC(C)[C@@H]1NC(=O)[C@H](C)NC(=O)c2csc(n2)[C@H](Cc2ccccc2)NC(=O)CN(Cc2cn[nH]c2-c2ccc(Cl)cc2)CCN(C)C(=O)[C@@H](C)NC1=O. The summed E-state index contributed by atoms with van der Waals surface area (Å²) in [6.45, 7) is 7.46. The molecule has 3 heterocycles. The van der Waals surface area contributed by atoms with E-state index in [2.05, 4.69) is 36.4 Å². The number of aromatic amines is 1. The Kier molecular flexibility index (Phi) is 13.6. The van der Waals surface area contributed by atoms with Gasteiger partial charge < -0.3 is 26.2 Å². The smallest absolute Gasteiger partial charge is 0.271 e. The van der Waals surface area contributed by atoms with Gasteiger partial charge in [-0.1, -0.05) is 67.9 Å². The molecule has 0 unspecified atom stereocenters. The summed E-state index contributed by atoms with van der Waals surface area (Å²) in [5.41, 5.74) is 3.52. The number of fused-ring (bicyclic) bond motifs is 2. The van der Waals surface area contributed by atoms with E-state index in [1.807, 2.05) is 47.4 Å². The zero-order valence-electron chi connectivity index (χ0n) is 30.9. The number of thiazole rings is 1. The average Bonchev–Trinajstić information content (AvgIpc) is 3.83. The number of aromatic nitrogens is 3. The standard InChI is InChI=1S/C38H46ClN9O5S/c1-22(2)32-36(52)42-24(4)38(53)47(5)15-16-48(19-27-18-40-46-33(27)26-11-13-28(39)14-12-26)20-31(49)43-29(17-25-9-7-6-8-10-25)37-44-30(21-54-37)35(51)41-23(3)34(50)45-32/h6-14,18,21-24,29,32H,15-17,19-20H2,1-5H3,(H,40,46)(H,41,51)(H,42,52)(H,43,49)(H,45,50)/t23-,24+,29-,32-/m0/s1. The lowest BCUT2D eigenvalue weighted by Crippen LogP contribution is -2.57. The third-order valence-corrected chi connectivity index (χ3v) is 10.3. The number of likely N-dealkylation sites (N-methyl/N-ethyl adjacent to an activating group) is 1. The number of benzene rings is 2. The Labute approximate surface area is 323 Å². The maximum Gasteiger partial charge on any atom is 0.271 e. The second-order valence-corrected chi connectivity index (χ2v) is 15.1. The molecule has 0 radical (unpaired) electrons. The lowest BCUT2D eigenvalue weighted by atomic mass is 10.0. The molecular weight excluding hydrogens is 730 g/mol. The van der Waals surface area contributed by atoms with Crippen molar-refractivity contribution >= 4 is 52.5 Å². The van der Waals surface area contributed by atoms with Crippen LogP contribution in [0, 0.1) is 5.92 Å². The van der Waals surface area contributed by atoms with Gasteiger partial charge in [0, 0.05) is 42.6 Å². The number of amides is 5. The Morgan fingerprint density at radius 3 is 2.31 bits per heavy atom. The summed E-state index contributed by atoms with van der Waals surface area (Å²) in [6.07, 6.45) is 2.12. The van der Waals surface area contributed by atoms with Gasteiger partial charge in [0.25, 0.3) is 5.91 Å². The van der Waals surface area contributed by atoms with E-state index in [1.54, 1.807) is 51.5 Å². The number of rotatable bonds is 6. The van der Waals surface area contributed by atoms with E-state index in [-0.39, 0.29) is 36.5 Å². The molecule has 2 bridgehead atoms. The molecule has 0 fully saturated rings. The zero-order chi connectivity index (χ0) is 38.9. The van der Waals surface area contributed by atoms with Crippen LogP contribution in [0.25, 0.3) is 11.3 Å². The Morgan fingerprint density at radius 1 is 0.889 bits per heavy atom. The van der Waals surface area contributed by atoms with Gasteiger partial charge in [0.15, 0.2) is 0 Å². The van der Waals surface area contributed by atoms with E-state index in [4.69, 9.17) is 11.6 Å². The normalized spacial score (nSPS) is 21.5. The van der Waals surface area contributed by atoms with Crippen molar-refractivity contribution in [2.75, 3.05) is 26.7 Å². The van der Waals surface area contributed by atoms with Gasteiger partial charge in [-0.2, -0.15) is 5.10 Å². The summed E-state index contributed by atoms with van der Waals surface area (Å²) in [7, 11) is 1.64. The molecule has 14 nitrogen and oxygen atoms in total. The van der Waals surface area contributed by atoms with E-state index < -0.39 is 41.9 Å². The summed E-state index contributed by atoms with van der Waals surface area (Å²) in [4.78, 5) is 75.3. The second kappa shape index (κ2) is 18.3. The number of halogens is 1. The molecule has 4 aromatic rings. The van der Waals surface area contributed by atoms with Gasteiger partial charge in [-0.15, -0.1) is 11.3 Å². The van der Waals surface area contributed by atoms with Crippen molar-refractivity contribution in [1.29, 1.82) is 0 Å². The van der Waals surface area contributed by atoms with Crippen LogP contribution in [0.15, 0.2) is 66.2 Å². The molecule has 0 spiro atoms. The second-order valence-electron chi connectivity index (χ2n) is 13.8. The van der Waals surface area contributed by atoms with Crippen LogP contribution >= 0.6 is 22.9 Å². The van der Waals surface area contributed by atoms with Gasteiger partial charge >= 0.3 is 0 Å². The highest BCUT2D eigenvalue weighted by molar-refractivity contribution is 7.09. The highest BCUT2D eigenvalue weighted by atomic mass is 35.5. The Morgan fingerprint density at radius 2 is 1.61 bits per heavy atom. The molecule has 5 amide bonds. The number of hydrogen-bond acceptors (Lipinski definition) is 9. The zero-order valence-corrected chi connectivity index (χ0v) is 32.5. The number of nitrogens with zero attached hydrogens (tertiary/aromatic N) is 4. The van der Waals surface area contributed by atoms with Gasteiger partial charge in [-0.25, -0.2) is 4.98 Å². The molecule has 0 saturated carbocycles. The molecule has 4 atom stereocenters. The molecule has 5 N–H and O–H groups in total. The van der Waals surface area contributed by atoms with Crippen LogP contribution in [0.2, 0.25) is 5.02 Å². The molecular formula is C38H46ClN9O5S. The van der Waals surface area contributed by atoms with Gasteiger partial charge in [0.2, 0.25) is 23.6 Å². The fourth-order valence-electron chi connectivity index (χ4n) is 6.04. The van der Waals surface area contributed by atoms with Crippen LogP contribution in [0.3, 0.4) is 0 Å². The van der Waals surface area contributed by atoms with Gasteiger partial charge in [-0.05, 0) is 49.4 Å². The highest BCUT2D eigenvalue weighted by Gasteiger charge is 2.31. The van der Waals surface area contributed by atoms with Crippen molar-refractivity contribution in [3.63, 3.8) is 0 Å². The summed E-state index contributed by atoms with van der Waals surface area (Å²) in [5.74, 6) is -2.63. The molecule has 0 aliphatic carbocycles. The summed E-state index contributed by atoms with van der Waals surface area (Å²) >= 11 is 7.37. The maximum absolute atomic E-state index is 13.9. The van der Waals surface area contributed by atoms with Crippen molar-refractivity contribution in [2.45, 2.75) is 64.8 Å². The predicted molar refractivity (Wildman–Crippen MR) is 206 cm³/mol. The largest absolute Gasteiger partial charge is 0.345 e. The Hall–Kier alpha value is -5.12. The van der Waals surface area contributed by atoms with Crippen molar-refractivity contribution < 1.29 is 24.0 Å². The lowest BCUT2D eigenvalue weighted by molar-refractivity contribution is -0.136. The molecule has 1 aliphatic heterocycles. The third kappa shape index (κ3) is 10.5. The minimum atomic E-state index is -1.00. The minimum Gasteiger partial charge on any atom is -0.345 e. The van der Waals surface area contributed by atoms with Crippen LogP contribution in [0.4, 0.5) is 0 Å². The van der Waals surface area contributed by atoms with E-state index in [9.17, 15) is 24.0 Å². The summed E-state index contributed by atoms with van der Waals surface area (Å²) in [6, 6.07) is 13.5. The number of H-pyrrole nitrogens is 1. The number of carbonyl (C=O) groups is 5. The number of carbonyl (C=O) groups excluding carboxylic acids is 5. The Bertz CT molecular complexity index is 1930. The molecule has 16 heteroatoms. The first-order valence-corrected chi connectivity index (χ1v) is 19.0. The van der Waals surface area contributed by atoms with Gasteiger partial charge in [-0.3, -0.25) is 34.0 Å². The first-order chi connectivity index (χ1) is 25.8. The van der Waals surface area contributed by atoms with Gasteiger partial charge in [0.05, 0.1) is 24.5 Å². The molecule has 54 heavy (non-hydrogen) atoms. The minimum absolute atomic E-state index is 0.0368. The number of nitrogens with one attached hydrogen (secondary N) is 5. The van der Waals surface area contributed by atoms with Crippen molar-refractivity contribution in [3.8, 4) is 11.3 Å². The predicted octanol–water partition coefficient (Wildman–Crippen LogP) is 3.32. The van der Waals surface area contributed by atoms with Crippen LogP contribution < -0.4 is 21.3 Å².